The van der Waals surface area contributed by atoms with Gasteiger partial charge in [-0.3, -0.25) is 9.59 Å². The molecule has 14 heteroatoms. The highest BCUT2D eigenvalue weighted by molar-refractivity contribution is 7.17. The molecule has 2 amide bonds. The molecule has 228 valence electrons. The van der Waals surface area contributed by atoms with E-state index in [4.69, 9.17) is 0 Å². The van der Waals surface area contributed by atoms with E-state index in [-0.39, 0.29) is 33.1 Å². The van der Waals surface area contributed by atoms with Gasteiger partial charge in [0, 0.05) is 30.8 Å². The van der Waals surface area contributed by atoms with Gasteiger partial charge in [-0.15, -0.1) is 11.3 Å². The Labute approximate surface area is 241 Å². The fourth-order valence-electron chi connectivity index (χ4n) is 4.76. The van der Waals surface area contributed by atoms with Gasteiger partial charge in [0.25, 0.3) is 17.4 Å². The second kappa shape index (κ2) is 11.1. The van der Waals surface area contributed by atoms with Crippen LogP contribution in [0.4, 0.5) is 26.3 Å². The van der Waals surface area contributed by atoms with E-state index < -0.39 is 46.3 Å². The zero-order valence-electron chi connectivity index (χ0n) is 22.9. The summed E-state index contributed by atoms with van der Waals surface area (Å²) in [5.74, 6) is -0.881. The minimum absolute atomic E-state index is 0.0637. The molecule has 0 radical (unpaired) electrons. The second-order valence-corrected chi connectivity index (χ2v) is 12.1. The number of carbonyl (C=O) groups excluding carboxylic acids is 2. The van der Waals surface area contributed by atoms with E-state index in [0.717, 1.165) is 36.3 Å². The summed E-state index contributed by atoms with van der Waals surface area (Å²) < 4.78 is 82.8. The highest BCUT2D eigenvalue weighted by Gasteiger charge is 2.71. The number of nitrogens with one attached hydrogen (secondary N) is 1. The molecule has 0 saturated carbocycles. The van der Waals surface area contributed by atoms with E-state index >= 15 is 0 Å². The molecule has 1 aliphatic rings. The van der Waals surface area contributed by atoms with Crippen molar-refractivity contribution in [3.63, 3.8) is 0 Å². The number of rotatable bonds is 6. The number of amides is 2. The number of nitrogens with zero attached hydrogens (tertiary/aromatic N) is 2. The summed E-state index contributed by atoms with van der Waals surface area (Å²) in [4.78, 5) is 32.4. The van der Waals surface area contributed by atoms with Crippen molar-refractivity contribution in [1.82, 2.24) is 15.2 Å². The van der Waals surface area contributed by atoms with E-state index in [1.165, 1.54) is 32.0 Å². The van der Waals surface area contributed by atoms with Gasteiger partial charge < -0.3 is 20.4 Å². The predicted molar refractivity (Wildman–Crippen MR) is 144 cm³/mol. The summed E-state index contributed by atoms with van der Waals surface area (Å²) in [7, 11) is 0. The van der Waals surface area contributed by atoms with Crippen LogP contribution >= 0.6 is 11.3 Å². The quantitative estimate of drug-likeness (QED) is 0.311. The summed E-state index contributed by atoms with van der Waals surface area (Å²) in [5, 5.41) is 21.8. The molecule has 4 rings (SSSR count). The molecule has 1 fully saturated rings. The number of fused-ring (bicyclic) bond motifs is 1. The number of thiazole rings is 1. The first-order chi connectivity index (χ1) is 19.3. The zero-order chi connectivity index (χ0) is 31.3. The molecule has 0 unspecified atom stereocenters. The zero-order valence-corrected chi connectivity index (χ0v) is 23.7. The van der Waals surface area contributed by atoms with E-state index in [1.807, 2.05) is 6.92 Å². The first kappa shape index (κ1) is 31.7. The van der Waals surface area contributed by atoms with Crippen molar-refractivity contribution in [3.8, 4) is 10.4 Å². The van der Waals surface area contributed by atoms with Gasteiger partial charge in [-0.25, -0.2) is 4.98 Å². The summed E-state index contributed by atoms with van der Waals surface area (Å²) in [5.41, 5.74) is -7.97. The number of halogens is 6. The molecule has 2 heterocycles. The SMILES string of the molecule is CC1CCN(C(=O)c2nc(C(=O)NCC(C)(C)O)sc2-c2ccc(C(O)(C(F)(F)F)C(F)(F)F)c3ccccc23)CC1. The van der Waals surface area contributed by atoms with Crippen LogP contribution in [0.1, 0.15) is 59.5 Å². The molecule has 1 saturated heterocycles. The number of hydrogen-bond acceptors (Lipinski definition) is 6. The van der Waals surface area contributed by atoms with Gasteiger partial charge in [0.1, 0.15) is 5.69 Å². The van der Waals surface area contributed by atoms with Crippen LogP contribution in [0.25, 0.3) is 21.2 Å². The Balaban J connectivity index is 1.91. The van der Waals surface area contributed by atoms with Crippen molar-refractivity contribution in [2.45, 2.75) is 57.2 Å². The molecule has 0 aliphatic carbocycles. The van der Waals surface area contributed by atoms with Crippen molar-refractivity contribution < 1.29 is 46.1 Å². The average molecular weight is 618 g/mol. The third-order valence-electron chi connectivity index (χ3n) is 7.16. The Bertz CT molecular complexity index is 1470. The van der Waals surface area contributed by atoms with Crippen LogP contribution in [0.2, 0.25) is 0 Å². The van der Waals surface area contributed by atoms with Crippen molar-refractivity contribution >= 4 is 33.9 Å². The van der Waals surface area contributed by atoms with Crippen molar-refractivity contribution in [2.75, 3.05) is 19.6 Å². The molecule has 0 atom stereocenters. The number of carbonyl (C=O) groups is 2. The molecule has 42 heavy (non-hydrogen) atoms. The highest BCUT2D eigenvalue weighted by atomic mass is 32.1. The number of hydrogen-bond donors (Lipinski definition) is 3. The van der Waals surface area contributed by atoms with Crippen LogP contribution < -0.4 is 5.32 Å². The maximum atomic E-state index is 13.8. The predicted octanol–water partition coefficient (Wildman–Crippen LogP) is 5.65. The normalized spacial score (nSPS) is 15.7. The smallest absolute Gasteiger partial charge is 0.389 e. The van der Waals surface area contributed by atoms with Gasteiger partial charge in [0.2, 0.25) is 0 Å². The first-order valence-corrected chi connectivity index (χ1v) is 13.9. The van der Waals surface area contributed by atoms with Crippen molar-refractivity contribution in [1.29, 1.82) is 0 Å². The van der Waals surface area contributed by atoms with Crippen molar-refractivity contribution in [2.24, 2.45) is 5.92 Å². The molecular formula is C28H29F6N3O4S. The van der Waals surface area contributed by atoms with E-state index in [0.29, 0.717) is 25.1 Å². The molecule has 1 aromatic heterocycles. The summed E-state index contributed by atoms with van der Waals surface area (Å²) in [6, 6.07) is 6.39. The molecule has 1 aliphatic heterocycles. The van der Waals surface area contributed by atoms with Gasteiger partial charge in [0.05, 0.1) is 10.5 Å². The standard InChI is InChI=1S/C28H29F6N3O4S/c1-15-10-12-37(13-11-15)24(39)20-21(42-23(36-20)22(38)35-14-25(2,3)40)18-8-9-19(17-7-5-4-6-16(17)18)26(41,27(29,30)31)28(32,33)34/h4-9,15,40-41H,10-14H2,1-3H3,(H,35,38). The van der Waals surface area contributed by atoms with Gasteiger partial charge in [0.15, 0.2) is 5.01 Å². The molecule has 2 aromatic carbocycles. The lowest BCUT2D eigenvalue weighted by atomic mass is 9.86. The number of piperidine rings is 1. The Morgan fingerprint density at radius 2 is 1.55 bits per heavy atom. The van der Waals surface area contributed by atoms with Gasteiger partial charge in [-0.05, 0) is 43.4 Å². The lowest BCUT2D eigenvalue weighted by Gasteiger charge is -2.33. The minimum atomic E-state index is -6.10. The monoisotopic (exact) mass is 617 g/mol. The fourth-order valence-corrected chi connectivity index (χ4v) is 5.77. The molecule has 7 nitrogen and oxygen atoms in total. The van der Waals surface area contributed by atoms with Crippen LogP contribution in [0.3, 0.4) is 0 Å². The van der Waals surface area contributed by atoms with Gasteiger partial charge >= 0.3 is 12.4 Å². The van der Waals surface area contributed by atoms with Gasteiger partial charge in [-0.2, -0.15) is 26.3 Å². The third kappa shape index (κ3) is 5.97. The molecule has 0 bridgehead atoms. The third-order valence-corrected chi connectivity index (χ3v) is 8.24. The van der Waals surface area contributed by atoms with Crippen LogP contribution in [0, 0.1) is 5.92 Å². The van der Waals surface area contributed by atoms with Crippen LogP contribution in [-0.2, 0) is 5.60 Å². The number of aromatic nitrogens is 1. The number of aliphatic hydroxyl groups is 2. The fraction of sp³-hybridized carbons (Fsp3) is 0.464. The Kier molecular flexibility index (Phi) is 8.39. The van der Waals surface area contributed by atoms with Crippen LogP contribution in [0.5, 0.6) is 0 Å². The van der Waals surface area contributed by atoms with Crippen molar-refractivity contribution in [3.05, 3.63) is 52.7 Å². The average Bonchev–Trinajstić information content (AvgIpc) is 3.34. The lowest BCUT2D eigenvalue weighted by molar-refractivity contribution is -0.375. The van der Waals surface area contributed by atoms with E-state index in [2.05, 4.69) is 10.3 Å². The lowest BCUT2D eigenvalue weighted by Crippen LogP contribution is -2.54. The molecule has 3 aromatic rings. The molecular weight excluding hydrogens is 588 g/mol. The summed E-state index contributed by atoms with van der Waals surface area (Å²) in [6.07, 6.45) is -10.8. The Morgan fingerprint density at radius 3 is 2.10 bits per heavy atom. The largest absolute Gasteiger partial charge is 0.430 e. The second-order valence-electron chi connectivity index (χ2n) is 11.1. The molecule has 3 N–H and O–H groups in total. The number of alkyl halides is 6. The number of benzene rings is 2. The summed E-state index contributed by atoms with van der Waals surface area (Å²) in [6.45, 7) is 5.62. The molecule has 0 spiro atoms. The summed E-state index contributed by atoms with van der Waals surface area (Å²) >= 11 is 0.744. The minimum Gasteiger partial charge on any atom is -0.389 e. The van der Waals surface area contributed by atoms with Crippen LogP contribution in [0.15, 0.2) is 36.4 Å². The highest BCUT2D eigenvalue weighted by Crippen LogP contribution is 2.52. The first-order valence-electron chi connectivity index (χ1n) is 13.0. The number of likely N-dealkylation sites (tertiary alicyclic amines) is 1. The van der Waals surface area contributed by atoms with E-state index in [9.17, 15) is 46.1 Å². The maximum absolute atomic E-state index is 13.8. The Morgan fingerprint density at radius 1 is 0.976 bits per heavy atom. The Hall–Kier alpha value is -3.23. The van der Waals surface area contributed by atoms with Crippen LogP contribution in [-0.4, -0.2) is 69.5 Å². The van der Waals surface area contributed by atoms with E-state index in [1.54, 1.807) is 4.90 Å². The topological polar surface area (TPSA) is 103 Å². The van der Waals surface area contributed by atoms with Gasteiger partial charge in [-0.1, -0.05) is 43.3 Å². The maximum Gasteiger partial charge on any atom is 0.430 e.